The molecule has 0 bridgehead atoms. The second-order valence-electron chi connectivity index (χ2n) is 16.5. The van der Waals surface area contributed by atoms with E-state index in [9.17, 15) is 19.4 Å². The van der Waals surface area contributed by atoms with Crippen LogP contribution in [0.5, 0.6) is 0 Å². The van der Waals surface area contributed by atoms with Crippen LogP contribution >= 0.6 is 7.82 Å². The average Bonchev–Trinajstić information content (AvgIpc) is 3.24. The van der Waals surface area contributed by atoms with E-state index in [1.54, 1.807) is 0 Å². The number of hydrogen-bond donors (Lipinski definition) is 3. The van der Waals surface area contributed by atoms with Crippen LogP contribution in [0, 0.1) is 0 Å². The van der Waals surface area contributed by atoms with Crippen molar-refractivity contribution in [3.05, 3.63) is 48.6 Å². The van der Waals surface area contributed by atoms with E-state index in [2.05, 4.69) is 62.5 Å². The van der Waals surface area contributed by atoms with Crippen molar-refractivity contribution in [1.82, 2.24) is 0 Å². The highest BCUT2D eigenvalue weighted by molar-refractivity contribution is 7.47. The number of aliphatic hydroxyl groups is 2. The average molecular weight is 869 g/mol. The molecule has 0 amide bonds. The van der Waals surface area contributed by atoms with Crippen LogP contribution in [0.2, 0.25) is 0 Å². The van der Waals surface area contributed by atoms with E-state index < -0.39 is 39.2 Å². The predicted octanol–water partition coefficient (Wildman–Crippen LogP) is 14.1. The Morgan fingerprint density at radius 1 is 0.517 bits per heavy atom. The number of esters is 1. The first-order valence-corrected chi connectivity index (χ1v) is 26.1. The molecule has 0 radical (unpaired) electrons. The van der Waals surface area contributed by atoms with Crippen LogP contribution in [-0.2, 0) is 27.9 Å². The van der Waals surface area contributed by atoms with Gasteiger partial charge in [-0.05, 0) is 77.0 Å². The molecule has 0 fully saturated rings. The number of carbonyl (C=O) groups excluding carboxylic acids is 1. The van der Waals surface area contributed by atoms with Gasteiger partial charge in [0.2, 0.25) is 0 Å². The molecular formula is C50H93O9P. The van der Waals surface area contributed by atoms with E-state index >= 15 is 0 Å². The summed E-state index contributed by atoms with van der Waals surface area (Å²) in [5.74, 6) is -0.395. The van der Waals surface area contributed by atoms with Gasteiger partial charge in [-0.1, -0.05) is 184 Å². The summed E-state index contributed by atoms with van der Waals surface area (Å²) >= 11 is 0. The van der Waals surface area contributed by atoms with Crippen molar-refractivity contribution in [2.24, 2.45) is 0 Å². The largest absolute Gasteiger partial charge is 0.472 e. The van der Waals surface area contributed by atoms with Gasteiger partial charge in [-0.2, -0.15) is 0 Å². The molecule has 0 aromatic rings. The first-order valence-electron chi connectivity index (χ1n) is 24.6. The zero-order valence-electron chi connectivity index (χ0n) is 38.7. The summed E-state index contributed by atoms with van der Waals surface area (Å²) in [6.07, 6.45) is 53.5. The van der Waals surface area contributed by atoms with Gasteiger partial charge >= 0.3 is 13.8 Å². The van der Waals surface area contributed by atoms with Crippen molar-refractivity contribution in [2.75, 3.05) is 33.0 Å². The number of rotatable bonds is 47. The molecule has 0 aliphatic heterocycles. The van der Waals surface area contributed by atoms with Gasteiger partial charge in [-0.15, -0.1) is 0 Å². The van der Waals surface area contributed by atoms with E-state index in [1.807, 2.05) is 0 Å². The Labute approximate surface area is 368 Å². The van der Waals surface area contributed by atoms with Crippen molar-refractivity contribution < 1.29 is 43.0 Å². The SMILES string of the molecule is CCCCCCC/C=C\C/C=C\C/C=C\CCCCCCCCC(=O)OC(COCCCCCCCCCC/C=C\CCCCCCCC)COP(=O)(O)OCC(O)CO. The Kier molecular flexibility index (Phi) is 45.7. The molecule has 0 aromatic carbocycles. The number of phosphoric ester groups is 1. The number of carbonyl (C=O) groups is 1. The van der Waals surface area contributed by atoms with Gasteiger partial charge in [0.05, 0.1) is 26.4 Å². The summed E-state index contributed by atoms with van der Waals surface area (Å²) < 4.78 is 33.5. The summed E-state index contributed by atoms with van der Waals surface area (Å²) in [7, 11) is -4.53. The number of hydrogen-bond acceptors (Lipinski definition) is 8. The van der Waals surface area contributed by atoms with E-state index in [-0.39, 0.29) is 19.6 Å². The second-order valence-corrected chi connectivity index (χ2v) is 17.9. The van der Waals surface area contributed by atoms with Crippen molar-refractivity contribution in [1.29, 1.82) is 0 Å². The minimum Gasteiger partial charge on any atom is -0.457 e. The first-order chi connectivity index (χ1) is 29.3. The molecule has 3 N–H and O–H groups in total. The van der Waals surface area contributed by atoms with Gasteiger partial charge in [0, 0.05) is 13.0 Å². The zero-order chi connectivity index (χ0) is 43.9. The lowest BCUT2D eigenvalue weighted by molar-refractivity contribution is -0.154. The quantitative estimate of drug-likeness (QED) is 0.0237. The molecule has 0 aliphatic rings. The van der Waals surface area contributed by atoms with Gasteiger partial charge in [0.1, 0.15) is 12.2 Å². The fourth-order valence-corrected chi connectivity index (χ4v) is 7.50. The molecule has 0 aromatic heterocycles. The molecule has 352 valence electrons. The Bertz CT molecular complexity index is 1080. The summed E-state index contributed by atoms with van der Waals surface area (Å²) in [5.41, 5.74) is 0. The van der Waals surface area contributed by atoms with Crippen LogP contribution in [0.3, 0.4) is 0 Å². The molecule has 0 heterocycles. The highest BCUT2D eigenvalue weighted by Gasteiger charge is 2.26. The summed E-state index contributed by atoms with van der Waals surface area (Å²) in [6, 6.07) is 0. The Hall–Kier alpha value is -1.58. The third kappa shape index (κ3) is 45.9. The second kappa shape index (κ2) is 46.9. The van der Waals surface area contributed by atoms with Gasteiger partial charge < -0.3 is 24.6 Å². The predicted molar refractivity (Wildman–Crippen MR) is 251 cm³/mol. The van der Waals surface area contributed by atoms with E-state index in [0.717, 1.165) is 57.8 Å². The molecule has 60 heavy (non-hydrogen) atoms. The highest BCUT2D eigenvalue weighted by Crippen LogP contribution is 2.43. The fraction of sp³-hybridized carbons (Fsp3) is 0.820. The number of ether oxygens (including phenoxy) is 2. The molecule has 10 heteroatoms. The standard InChI is InChI=1S/C50H93O9P/c1-3-5-7-9-11-13-15-17-19-21-23-24-25-26-28-30-32-34-36-38-40-42-50(53)59-49(47-58-60(54,55)57-45-48(52)44-51)46-56-43-41-39-37-35-33-31-29-27-22-20-18-16-14-12-10-8-6-4-2/h15,17-18,20-21,23,25-26,48-49,51-52H,3-14,16,19,22,24,27-47H2,1-2H3,(H,54,55)/b17-15-,20-18-,23-21-,26-25-. The van der Waals surface area contributed by atoms with Crippen LogP contribution in [0.1, 0.15) is 219 Å². The molecule has 9 nitrogen and oxygen atoms in total. The molecular weight excluding hydrogens is 776 g/mol. The van der Waals surface area contributed by atoms with Crippen LogP contribution < -0.4 is 0 Å². The maximum atomic E-state index is 12.7. The van der Waals surface area contributed by atoms with Crippen molar-refractivity contribution in [3.63, 3.8) is 0 Å². The van der Waals surface area contributed by atoms with Crippen molar-refractivity contribution in [3.8, 4) is 0 Å². The smallest absolute Gasteiger partial charge is 0.457 e. The van der Waals surface area contributed by atoms with Crippen LogP contribution in [0.15, 0.2) is 48.6 Å². The molecule has 0 saturated heterocycles. The first kappa shape index (κ1) is 58.4. The maximum absolute atomic E-state index is 12.7. The summed E-state index contributed by atoms with van der Waals surface area (Å²) in [4.78, 5) is 22.7. The third-order valence-corrected chi connectivity index (χ3v) is 11.4. The molecule has 0 spiro atoms. The Balaban J connectivity index is 4.14. The van der Waals surface area contributed by atoms with E-state index in [0.29, 0.717) is 13.0 Å². The monoisotopic (exact) mass is 869 g/mol. The maximum Gasteiger partial charge on any atom is 0.472 e. The third-order valence-electron chi connectivity index (χ3n) is 10.5. The van der Waals surface area contributed by atoms with E-state index in [4.69, 9.17) is 23.6 Å². The van der Waals surface area contributed by atoms with E-state index in [1.165, 1.54) is 135 Å². The van der Waals surface area contributed by atoms with Crippen LogP contribution in [0.4, 0.5) is 0 Å². The fourth-order valence-electron chi connectivity index (χ4n) is 6.71. The van der Waals surface area contributed by atoms with Gasteiger partial charge in [0.25, 0.3) is 0 Å². The number of aliphatic hydroxyl groups excluding tert-OH is 2. The minimum absolute atomic E-state index is 0.0415. The Morgan fingerprint density at radius 2 is 0.900 bits per heavy atom. The zero-order valence-corrected chi connectivity index (χ0v) is 39.6. The normalized spacial score (nSPS) is 14.3. The number of unbranched alkanes of at least 4 members (excludes halogenated alkanes) is 25. The van der Waals surface area contributed by atoms with Crippen molar-refractivity contribution >= 4 is 13.8 Å². The van der Waals surface area contributed by atoms with Gasteiger partial charge in [-0.3, -0.25) is 13.8 Å². The molecule has 0 aliphatic carbocycles. The molecule has 0 rings (SSSR count). The van der Waals surface area contributed by atoms with Crippen LogP contribution in [-0.4, -0.2) is 66.3 Å². The van der Waals surface area contributed by atoms with Gasteiger partial charge in [0.15, 0.2) is 0 Å². The lowest BCUT2D eigenvalue weighted by atomic mass is 10.1. The minimum atomic E-state index is -4.53. The summed E-state index contributed by atoms with van der Waals surface area (Å²) in [6.45, 7) is 3.50. The molecule has 0 saturated carbocycles. The Morgan fingerprint density at radius 3 is 1.37 bits per heavy atom. The lowest BCUT2D eigenvalue weighted by Crippen LogP contribution is -2.29. The molecule has 3 unspecified atom stereocenters. The number of phosphoric acid groups is 1. The van der Waals surface area contributed by atoms with Crippen LogP contribution in [0.25, 0.3) is 0 Å². The van der Waals surface area contributed by atoms with Gasteiger partial charge in [-0.25, -0.2) is 4.57 Å². The highest BCUT2D eigenvalue weighted by atomic mass is 31.2. The lowest BCUT2D eigenvalue weighted by Gasteiger charge is -2.20. The van der Waals surface area contributed by atoms with Crippen molar-refractivity contribution in [2.45, 2.75) is 232 Å². The topological polar surface area (TPSA) is 132 Å². The summed E-state index contributed by atoms with van der Waals surface area (Å²) in [5, 5.41) is 18.4. The molecule has 3 atom stereocenters. The number of allylic oxidation sites excluding steroid dienone is 8.